The minimum atomic E-state index is -0.278. The number of rotatable bonds is 5. The molecule has 0 aliphatic carbocycles. The SMILES string of the molecule is COC(=O)Cc1ccn(-c2cccc(C)c2)n1.COC(=O)Cc1ccn[nH]1. The highest BCUT2D eigenvalue weighted by Crippen LogP contribution is 2.10. The fourth-order valence-corrected chi connectivity index (χ4v) is 2.20. The maximum Gasteiger partial charge on any atom is 0.311 e. The Morgan fingerprint density at radius 2 is 1.81 bits per heavy atom. The molecule has 3 aromatic rings. The predicted octanol–water partition coefficient (Wildman–Crippen LogP) is 2.02. The number of ether oxygens (including phenoxy) is 2. The zero-order valence-electron chi connectivity index (χ0n) is 15.5. The quantitative estimate of drug-likeness (QED) is 0.690. The molecule has 0 fully saturated rings. The van der Waals surface area contributed by atoms with E-state index in [1.54, 1.807) is 16.9 Å². The Kier molecular flexibility index (Phi) is 7.30. The van der Waals surface area contributed by atoms with Crippen LogP contribution in [0, 0.1) is 6.92 Å². The first-order valence-corrected chi connectivity index (χ1v) is 8.25. The standard InChI is InChI=1S/C13H14N2O2.C6H8N2O2/c1-10-4-3-5-12(8-10)15-7-6-11(14-15)9-13(16)17-2;1-10-6(9)4-5-2-3-7-8-5/h3-8H,9H2,1-2H3;2-3H,4H2,1H3,(H,7,8). The molecule has 0 atom stereocenters. The highest BCUT2D eigenvalue weighted by molar-refractivity contribution is 5.72. The number of hydrogen-bond donors (Lipinski definition) is 1. The first-order valence-electron chi connectivity index (χ1n) is 8.25. The van der Waals surface area contributed by atoms with Crippen molar-refractivity contribution >= 4 is 11.9 Å². The zero-order valence-corrected chi connectivity index (χ0v) is 15.5. The van der Waals surface area contributed by atoms with Crippen LogP contribution < -0.4 is 0 Å². The monoisotopic (exact) mass is 370 g/mol. The summed E-state index contributed by atoms with van der Waals surface area (Å²) in [6, 6.07) is 11.6. The number of hydrogen-bond acceptors (Lipinski definition) is 6. The van der Waals surface area contributed by atoms with E-state index in [1.165, 1.54) is 19.8 Å². The fraction of sp³-hybridized carbons (Fsp3) is 0.263. The van der Waals surface area contributed by atoms with Gasteiger partial charge in [0, 0.05) is 18.1 Å². The van der Waals surface area contributed by atoms with Gasteiger partial charge in [0.05, 0.1) is 38.4 Å². The van der Waals surface area contributed by atoms with Crippen LogP contribution in [0.4, 0.5) is 0 Å². The highest BCUT2D eigenvalue weighted by Gasteiger charge is 2.07. The van der Waals surface area contributed by atoms with Crippen molar-refractivity contribution in [3.63, 3.8) is 0 Å². The number of aromatic amines is 1. The molecule has 8 heteroatoms. The van der Waals surface area contributed by atoms with Gasteiger partial charge >= 0.3 is 11.9 Å². The Balaban J connectivity index is 0.000000223. The van der Waals surface area contributed by atoms with Crippen molar-refractivity contribution in [2.45, 2.75) is 19.8 Å². The van der Waals surface area contributed by atoms with Crippen molar-refractivity contribution < 1.29 is 19.1 Å². The smallest absolute Gasteiger partial charge is 0.311 e. The topological polar surface area (TPSA) is 99.1 Å². The molecular formula is C19H22N4O4. The van der Waals surface area contributed by atoms with E-state index in [0.29, 0.717) is 5.69 Å². The molecule has 3 rings (SSSR count). The number of carbonyl (C=O) groups is 2. The van der Waals surface area contributed by atoms with Gasteiger partial charge in [0.15, 0.2) is 0 Å². The molecule has 0 amide bonds. The van der Waals surface area contributed by atoms with Crippen molar-refractivity contribution in [2.24, 2.45) is 0 Å². The molecule has 0 aliphatic heterocycles. The lowest BCUT2D eigenvalue weighted by atomic mass is 10.2. The molecule has 0 saturated carbocycles. The average molecular weight is 370 g/mol. The number of nitrogens with zero attached hydrogens (tertiary/aromatic N) is 3. The van der Waals surface area contributed by atoms with E-state index in [2.05, 4.69) is 24.8 Å². The number of aromatic nitrogens is 4. The fourth-order valence-electron chi connectivity index (χ4n) is 2.20. The molecule has 27 heavy (non-hydrogen) atoms. The number of benzene rings is 1. The third-order valence-electron chi connectivity index (χ3n) is 3.58. The molecule has 0 spiro atoms. The lowest BCUT2D eigenvalue weighted by Gasteiger charge is -2.02. The summed E-state index contributed by atoms with van der Waals surface area (Å²) in [5.41, 5.74) is 3.64. The van der Waals surface area contributed by atoms with Gasteiger partial charge in [0.1, 0.15) is 0 Å². The first-order chi connectivity index (χ1) is 13.0. The van der Waals surface area contributed by atoms with Gasteiger partial charge in [-0.1, -0.05) is 12.1 Å². The van der Waals surface area contributed by atoms with E-state index in [1.807, 2.05) is 43.5 Å². The van der Waals surface area contributed by atoms with Crippen molar-refractivity contribution in [3.05, 3.63) is 65.7 Å². The number of nitrogens with one attached hydrogen (secondary N) is 1. The Morgan fingerprint density at radius 1 is 1.07 bits per heavy atom. The average Bonchev–Trinajstić information content (AvgIpc) is 3.34. The van der Waals surface area contributed by atoms with Crippen LogP contribution in [0.3, 0.4) is 0 Å². The minimum Gasteiger partial charge on any atom is -0.469 e. The molecule has 0 unspecified atom stereocenters. The first kappa shape index (κ1) is 19.9. The second kappa shape index (κ2) is 9.91. The van der Waals surface area contributed by atoms with E-state index in [-0.39, 0.29) is 24.8 Å². The Bertz CT molecular complexity index is 871. The van der Waals surface area contributed by atoms with Crippen molar-refractivity contribution in [1.29, 1.82) is 0 Å². The summed E-state index contributed by atoms with van der Waals surface area (Å²) in [4.78, 5) is 21.7. The predicted molar refractivity (Wildman–Crippen MR) is 98.3 cm³/mol. The van der Waals surface area contributed by atoms with Crippen LogP contribution in [0.5, 0.6) is 0 Å². The van der Waals surface area contributed by atoms with Gasteiger partial charge in [-0.05, 0) is 36.8 Å². The number of esters is 2. The zero-order chi connectivity index (χ0) is 19.6. The van der Waals surface area contributed by atoms with Gasteiger partial charge in [0.25, 0.3) is 0 Å². The number of aryl methyl sites for hydroxylation is 1. The second-order valence-corrected chi connectivity index (χ2v) is 5.68. The maximum absolute atomic E-state index is 11.1. The van der Waals surface area contributed by atoms with E-state index in [4.69, 9.17) is 0 Å². The molecule has 2 aromatic heterocycles. The summed E-state index contributed by atoms with van der Waals surface area (Å²) in [7, 11) is 2.73. The minimum absolute atomic E-state index is 0.204. The molecule has 1 N–H and O–H groups in total. The van der Waals surface area contributed by atoms with Crippen LogP contribution in [0.1, 0.15) is 17.0 Å². The Morgan fingerprint density at radius 3 is 2.44 bits per heavy atom. The molecule has 0 radical (unpaired) electrons. The third-order valence-corrected chi connectivity index (χ3v) is 3.58. The van der Waals surface area contributed by atoms with Crippen LogP contribution >= 0.6 is 0 Å². The van der Waals surface area contributed by atoms with Gasteiger partial charge in [-0.25, -0.2) is 4.68 Å². The summed E-state index contributed by atoms with van der Waals surface area (Å²) in [6.07, 6.45) is 3.90. The van der Waals surface area contributed by atoms with Gasteiger partial charge in [-0.2, -0.15) is 10.2 Å². The van der Waals surface area contributed by atoms with E-state index in [9.17, 15) is 9.59 Å². The van der Waals surface area contributed by atoms with Crippen LogP contribution in [0.15, 0.2) is 48.8 Å². The lowest BCUT2D eigenvalue weighted by molar-refractivity contribution is -0.140. The van der Waals surface area contributed by atoms with Crippen molar-refractivity contribution in [3.8, 4) is 5.69 Å². The van der Waals surface area contributed by atoms with E-state index < -0.39 is 0 Å². The molecule has 142 valence electrons. The molecule has 0 aliphatic rings. The highest BCUT2D eigenvalue weighted by atomic mass is 16.5. The van der Waals surface area contributed by atoms with Crippen LogP contribution in [0.2, 0.25) is 0 Å². The van der Waals surface area contributed by atoms with E-state index >= 15 is 0 Å². The largest absolute Gasteiger partial charge is 0.469 e. The lowest BCUT2D eigenvalue weighted by Crippen LogP contribution is -2.05. The van der Waals surface area contributed by atoms with Gasteiger partial charge in [-0.15, -0.1) is 0 Å². The molecule has 0 bridgehead atoms. The van der Waals surface area contributed by atoms with Crippen LogP contribution in [-0.2, 0) is 31.9 Å². The molecule has 0 saturated heterocycles. The van der Waals surface area contributed by atoms with E-state index in [0.717, 1.165) is 11.4 Å². The van der Waals surface area contributed by atoms with Gasteiger partial charge in [-0.3, -0.25) is 14.7 Å². The number of methoxy groups -OCH3 is 2. The molecule has 2 heterocycles. The summed E-state index contributed by atoms with van der Waals surface area (Å²) in [5.74, 6) is -0.538. The summed E-state index contributed by atoms with van der Waals surface area (Å²) in [5, 5.41) is 10.7. The van der Waals surface area contributed by atoms with Gasteiger partial charge in [0.2, 0.25) is 0 Å². The number of carbonyl (C=O) groups excluding carboxylic acids is 2. The van der Waals surface area contributed by atoms with Crippen molar-refractivity contribution in [2.75, 3.05) is 14.2 Å². The summed E-state index contributed by atoms with van der Waals surface area (Å²) in [6.45, 7) is 2.03. The second-order valence-electron chi connectivity index (χ2n) is 5.68. The van der Waals surface area contributed by atoms with Crippen molar-refractivity contribution in [1.82, 2.24) is 20.0 Å². The Hall–Kier alpha value is -3.42. The molecular weight excluding hydrogens is 348 g/mol. The molecule has 1 aromatic carbocycles. The summed E-state index contributed by atoms with van der Waals surface area (Å²) >= 11 is 0. The maximum atomic E-state index is 11.1. The number of H-pyrrole nitrogens is 1. The normalized spacial score (nSPS) is 9.89. The Labute approximate surface area is 157 Å². The third kappa shape index (κ3) is 6.43. The molecule has 8 nitrogen and oxygen atoms in total. The van der Waals surface area contributed by atoms with Gasteiger partial charge < -0.3 is 9.47 Å². The van der Waals surface area contributed by atoms with Crippen LogP contribution in [0.25, 0.3) is 5.69 Å². The summed E-state index contributed by atoms with van der Waals surface area (Å²) < 4.78 is 10.8. The van der Waals surface area contributed by atoms with Crippen LogP contribution in [-0.4, -0.2) is 46.1 Å².